The van der Waals surface area contributed by atoms with Crippen LogP contribution in [-0.2, 0) is 65.4 Å². The lowest BCUT2D eigenvalue weighted by molar-refractivity contribution is -0.161. The molecule has 17 nitrogen and oxygen atoms in total. The van der Waals surface area contributed by atoms with Gasteiger partial charge in [0, 0.05) is 32.3 Å². The van der Waals surface area contributed by atoms with Crippen molar-refractivity contribution in [3.05, 3.63) is 109 Å². The van der Waals surface area contributed by atoms with Crippen molar-refractivity contribution in [3.63, 3.8) is 0 Å². The number of aliphatic hydroxyl groups excluding tert-OH is 1. The first kappa shape index (κ1) is 97.9. The summed E-state index contributed by atoms with van der Waals surface area (Å²) in [6, 6.07) is 0. The fourth-order valence-corrected chi connectivity index (χ4v) is 12.2. The SMILES string of the molecule is CCCCC/C=C\C/C=C\C/C=C\C/C=C\CCCC(=O)O[C@H](COC(=O)CCCCCCC/C=C\C=C/CCCCCC)COP(=O)(O)OC[C@@H](O)COP(=O)(O)OC[C@@H](COCCCCCCCCC/C=C\CCCCCCC=O)OC(=O)CCCCCCC/C=C\C=C/CCCCCC. The second kappa shape index (κ2) is 76.5. The van der Waals surface area contributed by atoms with Crippen LogP contribution in [0.3, 0.4) is 0 Å². The van der Waals surface area contributed by atoms with Gasteiger partial charge in [-0.1, -0.05) is 265 Å². The van der Waals surface area contributed by atoms with E-state index in [-0.39, 0.29) is 25.9 Å². The van der Waals surface area contributed by atoms with E-state index in [0.29, 0.717) is 38.7 Å². The maximum atomic E-state index is 13.1. The molecular weight excluding hydrogens is 1330 g/mol. The highest BCUT2D eigenvalue weighted by atomic mass is 31.2. The first-order chi connectivity index (χ1) is 49.8. The smallest absolute Gasteiger partial charge is 0.462 e. The van der Waals surface area contributed by atoms with E-state index in [9.17, 15) is 43.2 Å². The van der Waals surface area contributed by atoms with Gasteiger partial charge in [-0.2, -0.15) is 0 Å². The molecule has 0 aliphatic heterocycles. The van der Waals surface area contributed by atoms with Crippen LogP contribution in [0.25, 0.3) is 0 Å². The number of aldehydes is 1. The topological polar surface area (TPSA) is 237 Å². The quantitative estimate of drug-likeness (QED) is 0.00976. The Morgan fingerprint density at radius 2 is 0.618 bits per heavy atom. The van der Waals surface area contributed by atoms with Gasteiger partial charge in [-0.25, -0.2) is 9.13 Å². The highest BCUT2D eigenvalue weighted by molar-refractivity contribution is 7.47. The zero-order valence-corrected chi connectivity index (χ0v) is 65.8. The molecule has 0 aromatic carbocycles. The minimum Gasteiger partial charge on any atom is -0.462 e. The molecular formula is C83H144O17P2. The molecule has 19 heteroatoms. The Kier molecular flexibility index (Phi) is 73.4. The summed E-state index contributed by atoms with van der Waals surface area (Å²) >= 11 is 0. The van der Waals surface area contributed by atoms with Crippen molar-refractivity contribution in [2.75, 3.05) is 46.2 Å². The minimum absolute atomic E-state index is 0.0246. The van der Waals surface area contributed by atoms with Crippen LogP contribution in [0, 0.1) is 0 Å². The number of rotatable bonds is 77. The van der Waals surface area contributed by atoms with Gasteiger partial charge in [0.25, 0.3) is 0 Å². The second-order valence-corrected chi connectivity index (χ2v) is 29.6. The molecule has 0 rings (SSSR count). The zero-order chi connectivity index (χ0) is 74.4. The van der Waals surface area contributed by atoms with E-state index >= 15 is 0 Å². The zero-order valence-electron chi connectivity index (χ0n) is 64.0. The molecule has 0 aliphatic rings. The van der Waals surface area contributed by atoms with Gasteiger partial charge in [0.15, 0.2) is 6.10 Å². The number of unbranched alkanes of at least 4 members (excludes halogenated alkanes) is 34. The van der Waals surface area contributed by atoms with Gasteiger partial charge >= 0.3 is 33.6 Å². The predicted octanol–water partition coefficient (Wildman–Crippen LogP) is 23.0. The van der Waals surface area contributed by atoms with Crippen molar-refractivity contribution in [2.24, 2.45) is 0 Å². The summed E-state index contributed by atoms with van der Waals surface area (Å²) < 4.78 is 69.2. The molecule has 0 aliphatic carbocycles. The van der Waals surface area contributed by atoms with Crippen LogP contribution < -0.4 is 0 Å². The predicted molar refractivity (Wildman–Crippen MR) is 418 cm³/mol. The fourth-order valence-electron chi connectivity index (χ4n) is 10.6. The first-order valence-corrected chi connectivity index (χ1v) is 43.1. The highest BCUT2D eigenvalue weighted by Gasteiger charge is 2.30. The lowest BCUT2D eigenvalue weighted by Crippen LogP contribution is -2.30. The third-order valence-corrected chi connectivity index (χ3v) is 18.6. The van der Waals surface area contributed by atoms with E-state index in [0.717, 1.165) is 167 Å². The van der Waals surface area contributed by atoms with Gasteiger partial charge in [0.1, 0.15) is 25.1 Å². The number of carbonyl (C=O) groups is 4. The number of ether oxygens (including phenoxy) is 4. The van der Waals surface area contributed by atoms with Crippen LogP contribution in [0.4, 0.5) is 0 Å². The van der Waals surface area contributed by atoms with E-state index in [1.54, 1.807) is 0 Å². The maximum absolute atomic E-state index is 13.1. The molecule has 0 radical (unpaired) electrons. The molecule has 0 heterocycles. The second-order valence-electron chi connectivity index (χ2n) is 26.7. The van der Waals surface area contributed by atoms with Crippen molar-refractivity contribution in [3.8, 4) is 0 Å². The molecule has 3 N–H and O–H groups in total. The number of phosphoric ester groups is 2. The molecule has 0 spiro atoms. The standard InChI is InChI=1S/C83H144O17P2/c1-4-7-10-13-16-19-22-25-28-29-34-39-44-49-54-59-64-69-83(88)100-80(75-94-81(86)67-62-57-52-47-42-37-32-26-23-20-17-14-11-8-5-2)77-98-102(91,92)96-73-78(85)72-95-101(89,90)97-76-79(99-82(87)68-63-58-53-48-43-38-33-27-24-21-18-15-12-9-6-3)74-93-71-66-61-56-51-46-41-36-31-30-35-40-45-50-55-60-65-70-84/h16,19-21,23-28,30,32-35,39,49,54,70,78-80,85H,4-15,17-18,22,29,31,36-38,40-48,50-53,55-69,71-77H2,1-3H3,(H,89,90)(H,91,92)/b19-16-,23-20-,24-21-,28-25-,32-26-,33-27-,35-30-,39-34-,54-49-/t78-,79+,80+/m0/s1. The maximum Gasteiger partial charge on any atom is 0.472 e. The number of allylic oxidation sites excluding steroid dienone is 18. The van der Waals surface area contributed by atoms with Crippen LogP contribution in [0.2, 0.25) is 0 Å². The number of phosphoric acid groups is 2. The Labute approximate surface area is 619 Å². The normalized spacial score (nSPS) is 14.5. The van der Waals surface area contributed by atoms with E-state index in [1.165, 1.54) is 96.3 Å². The molecule has 0 aromatic rings. The Morgan fingerprint density at radius 1 is 0.324 bits per heavy atom. The van der Waals surface area contributed by atoms with E-state index in [4.69, 9.17) is 37.0 Å². The summed E-state index contributed by atoms with van der Waals surface area (Å²) in [5.41, 5.74) is 0. The molecule has 0 saturated heterocycles. The molecule has 0 saturated carbocycles. The fraction of sp³-hybridized carbons (Fsp3) is 0.735. The van der Waals surface area contributed by atoms with Gasteiger partial charge < -0.3 is 38.6 Å². The summed E-state index contributed by atoms with van der Waals surface area (Å²) in [5, 5.41) is 10.6. The van der Waals surface area contributed by atoms with Gasteiger partial charge in [0.05, 0.1) is 33.0 Å². The monoisotopic (exact) mass is 1470 g/mol. The molecule has 2 unspecified atom stereocenters. The van der Waals surface area contributed by atoms with Crippen molar-refractivity contribution >= 4 is 39.8 Å². The lowest BCUT2D eigenvalue weighted by atomic mass is 10.1. The molecule has 588 valence electrons. The summed E-state index contributed by atoms with van der Waals surface area (Å²) in [6.07, 6.45) is 82.6. The number of esters is 3. The number of hydrogen-bond donors (Lipinski definition) is 3. The van der Waals surface area contributed by atoms with E-state index < -0.39 is 84.9 Å². The van der Waals surface area contributed by atoms with E-state index in [1.807, 2.05) is 12.2 Å². The lowest BCUT2D eigenvalue weighted by Gasteiger charge is -2.21. The van der Waals surface area contributed by atoms with Crippen LogP contribution >= 0.6 is 15.6 Å². The first-order valence-electron chi connectivity index (χ1n) is 40.1. The summed E-state index contributed by atoms with van der Waals surface area (Å²) in [6.45, 7) is 3.50. The average Bonchev–Trinajstić information content (AvgIpc) is 0.915. The third kappa shape index (κ3) is 75.6. The van der Waals surface area contributed by atoms with Crippen LogP contribution in [0.5, 0.6) is 0 Å². The van der Waals surface area contributed by atoms with Gasteiger partial charge in [0.2, 0.25) is 0 Å². The molecule has 0 amide bonds. The van der Waals surface area contributed by atoms with E-state index in [2.05, 4.69) is 118 Å². The molecule has 0 bridgehead atoms. The Morgan fingerprint density at radius 3 is 1.04 bits per heavy atom. The molecule has 102 heavy (non-hydrogen) atoms. The van der Waals surface area contributed by atoms with Crippen LogP contribution in [0.1, 0.15) is 329 Å². The minimum atomic E-state index is -4.97. The van der Waals surface area contributed by atoms with Crippen molar-refractivity contribution in [1.82, 2.24) is 0 Å². The van der Waals surface area contributed by atoms with Crippen molar-refractivity contribution in [1.29, 1.82) is 0 Å². The molecule has 5 atom stereocenters. The highest BCUT2D eigenvalue weighted by Crippen LogP contribution is 2.45. The third-order valence-electron chi connectivity index (χ3n) is 16.7. The van der Waals surface area contributed by atoms with Crippen LogP contribution in [-0.4, -0.2) is 104 Å². The number of aliphatic hydroxyl groups is 1. The van der Waals surface area contributed by atoms with Gasteiger partial charge in [-0.3, -0.25) is 32.5 Å². The number of hydrogen-bond acceptors (Lipinski definition) is 15. The summed E-state index contributed by atoms with van der Waals surface area (Å²) in [4.78, 5) is 70.6. The van der Waals surface area contributed by atoms with Crippen LogP contribution in [0.15, 0.2) is 109 Å². The Hall–Kier alpha value is -4.12. The van der Waals surface area contributed by atoms with Gasteiger partial charge in [-0.05, 0) is 148 Å². The summed E-state index contributed by atoms with van der Waals surface area (Å²) in [5.74, 6) is -1.64. The average molecular weight is 1480 g/mol. The summed E-state index contributed by atoms with van der Waals surface area (Å²) in [7, 11) is -9.87. The van der Waals surface area contributed by atoms with Crippen molar-refractivity contribution in [2.45, 2.75) is 347 Å². The Balaban J connectivity index is 5.37. The largest absolute Gasteiger partial charge is 0.472 e. The molecule has 0 aromatic heterocycles. The van der Waals surface area contributed by atoms with Gasteiger partial charge in [-0.15, -0.1) is 0 Å². The Bertz CT molecular complexity index is 2330. The molecule has 0 fully saturated rings. The number of carbonyl (C=O) groups excluding carboxylic acids is 4. The van der Waals surface area contributed by atoms with Crippen molar-refractivity contribution < 1.29 is 80.2 Å².